The summed E-state index contributed by atoms with van der Waals surface area (Å²) in [5, 5.41) is 11.7. The molecule has 0 radical (unpaired) electrons. The minimum atomic E-state index is -0.0529. The minimum absolute atomic E-state index is 0.0227. The highest BCUT2D eigenvalue weighted by Gasteiger charge is 2.16. The molecule has 4 aromatic rings. The smallest absolute Gasteiger partial charge is 0.245 e. The Labute approximate surface area is 231 Å². The van der Waals surface area contributed by atoms with Crippen molar-refractivity contribution < 1.29 is 9.53 Å². The molecule has 202 valence electrons. The van der Waals surface area contributed by atoms with Gasteiger partial charge in [0, 0.05) is 38.1 Å². The minimum Gasteiger partial charge on any atom is -0.489 e. The van der Waals surface area contributed by atoms with Crippen LogP contribution in [0.3, 0.4) is 0 Å². The van der Waals surface area contributed by atoms with Crippen molar-refractivity contribution in [2.75, 3.05) is 20.6 Å². The number of fused-ring (bicyclic) bond motifs is 1. The first-order chi connectivity index (χ1) is 18.9. The van der Waals surface area contributed by atoms with Gasteiger partial charge >= 0.3 is 0 Å². The molecule has 0 bridgehead atoms. The van der Waals surface area contributed by atoms with Crippen molar-refractivity contribution in [2.24, 2.45) is 0 Å². The van der Waals surface area contributed by atoms with Crippen LogP contribution in [0.1, 0.15) is 43.9 Å². The van der Waals surface area contributed by atoms with E-state index < -0.39 is 0 Å². The van der Waals surface area contributed by atoms with E-state index in [2.05, 4.69) is 96.9 Å². The lowest BCUT2D eigenvalue weighted by Crippen LogP contribution is -2.39. The Balaban J connectivity index is 1.55. The van der Waals surface area contributed by atoms with Crippen LogP contribution in [0.25, 0.3) is 22.0 Å². The summed E-state index contributed by atoms with van der Waals surface area (Å²) in [5.41, 5.74) is 7.04. The maximum absolute atomic E-state index is 11.7. The highest BCUT2D eigenvalue weighted by atomic mass is 16.5. The van der Waals surface area contributed by atoms with Crippen molar-refractivity contribution in [2.45, 2.75) is 39.3 Å². The van der Waals surface area contributed by atoms with E-state index in [1.54, 1.807) is 25.1 Å². The number of carbonyl (C=O) groups excluding carboxylic acids is 1. The fourth-order valence-corrected chi connectivity index (χ4v) is 4.52. The number of allylic oxidation sites excluding steroid dienone is 1. The first-order valence-electron chi connectivity index (χ1n) is 13.5. The number of hydrogen-bond acceptors (Lipinski definition) is 4. The van der Waals surface area contributed by atoms with Gasteiger partial charge in [-0.2, -0.15) is 5.10 Å². The number of nitrogens with one attached hydrogen (secondary N) is 2. The topological polar surface area (TPSA) is 70.2 Å². The van der Waals surface area contributed by atoms with Gasteiger partial charge in [0.05, 0.1) is 11.7 Å². The van der Waals surface area contributed by atoms with E-state index in [1.807, 2.05) is 24.4 Å². The lowest BCUT2D eigenvalue weighted by molar-refractivity contribution is -0.123. The summed E-state index contributed by atoms with van der Waals surface area (Å²) in [7, 11) is 3.48. The molecule has 2 atom stereocenters. The second kappa shape index (κ2) is 13.1. The van der Waals surface area contributed by atoms with Crippen LogP contribution < -0.4 is 10.1 Å². The van der Waals surface area contributed by atoms with E-state index in [-0.39, 0.29) is 18.1 Å². The van der Waals surface area contributed by atoms with Crippen LogP contribution in [-0.4, -0.2) is 53.8 Å². The Hall–Kier alpha value is -4.16. The molecular weight excluding hydrogens is 484 g/mol. The molecule has 0 saturated heterocycles. The fraction of sp³-hybridized carbons (Fsp3) is 0.273. The van der Waals surface area contributed by atoms with Gasteiger partial charge in [-0.1, -0.05) is 61.5 Å². The van der Waals surface area contributed by atoms with Crippen LogP contribution >= 0.6 is 0 Å². The van der Waals surface area contributed by atoms with Gasteiger partial charge in [0.1, 0.15) is 11.9 Å². The second-order valence-corrected chi connectivity index (χ2v) is 9.92. The molecule has 0 spiro atoms. The average molecular weight is 523 g/mol. The van der Waals surface area contributed by atoms with Gasteiger partial charge in [-0.15, -0.1) is 0 Å². The quantitative estimate of drug-likeness (QED) is 0.179. The average Bonchev–Trinajstić information content (AvgIpc) is 3.42. The summed E-state index contributed by atoms with van der Waals surface area (Å²) in [6, 6.07) is 25.5. The fourth-order valence-electron chi connectivity index (χ4n) is 4.52. The SMILES string of the molecule is CC/C(=C(/c1ccc(OC(C)C(C)NC/C=C/C(=O)N(C)C)cc1)c1ccc2[nH]ncc2c1)c1ccccc1. The third-order valence-electron chi connectivity index (χ3n) is 6.93. The zero-order valence-electron chi connectivity index (χ0n) is 23.4. The third kappa shape index (κ3) is 7.03. The number of benzene rings is 3. The van der Waals surface area contributed by atoms with Crippen molar-refractivity contribution in [1.82, 2.24) is 20.4 Å². The summed E-state index contributed by atoms with van der Waals surface area (Å²) >= 11 is 0. The van der Waals surface area contributed by atoms with E-state index in [4.69, 9.17) is 4.74 Å². The number of H-pyrrole nitrogens is 1. The number of amides is 1. The summed E-state index contributed by atoms with van der Waals surface area (Å²) in [6.45, 7) is 6.94. The number of carbonyl (C=O) groups is 1. The number of aromatic nitrogens is 2. The monoisotopic (exact) mass is 522 g/mol. The van der Waals surface area contributed by atoms with Gasteiger partial charge in [0.15, 0.2) is 0 Å². The molecule has 1 aromatic heterocycles. The molecule has 1 amide bonds. The highest BCUT2D eigenvalue weighted by Crippen LogP contribution is 2.36. The zero-order chi connectivity index (χ0) is 27.8. The van der Waals surface area contributed by atoms with E-state index in [9.17, 15) is 4.79 Å². The number of ether oxygens (including phenoxy) is 1. The Kier molecular flexibility index (Phi) is 9.34. The number of hydrogen-bond donors (Lipinski definition) is 2. The molecule has 0 aliphatic carbocycles. The Morgan fingerprint density at radius 2 is 1.72 bits per heavy atom. The molecule has 0 fully saturated rings. The molecule has 2 N–H and O–H groups in total. The van der Waals surface area contributed by atoms with Crippen molar-refractivity contribution in [3.63, 3.8) is 0 Å². The Bertz CT molecular complexity index is 1440. The highest BCUT2D eigenvalue weighted by molar-refractivity contribution is 6.00. The normalized spacial score (nSPS) is 13.8. The molecule has 0 aliphatic rings. The third-order valence-corrected chi connectivity index (χ3v) is 6.93. The van der Waals surface area contributed by atoms with Crippen LogP contribution in [0.4, 0.5) is 0 Å². The van der Waals surface area contributed by atoms with Crippen LogP contribution in [0.2, 0.25) is 0 Å². The van der Waals surface area contributed by atoms with Crippen LogP contribution in [-0.2, 0) is 4.79 Å². The molecule has 4 rings (SSSR count). The summed E-state index contributed by atoms with van der Waals surface area (Å²) in [6.07, 6.45) is 6.14. The molecule has 0 saturated carbocycles. The van der Waals surface area contributed by atoms with Crippen molar-refractivity contribution in [3.8, 4) is 5.75 Å². The lowest BCUT2D eigenvalue weighted by atomic mass is 9.88. The number of rotatable bonds is 11. The molecule has 39 heavy (non-hydrogen) atoms. The molecular formula is C33H38N4O2. The number of likely N-dealkylation sites (N-methyl/N-ethyl adjacent to an activating group) is 1. The molecule has 1 heterocycles. The van der Waals surface area contributed by atoms with Crippen LogP contribution in [0.5, 0.6) is 5.75 Å². The standard InChI is InChI=1S/C33H38N4O2/c1-6-30(25-11-8-7-9-12-25)33(27-16-19-31-28(21-27)22-35-36-31)26-14-17-29(18-15-26)39-24(3)23(2)34-20-10-13-32(38)37(4)5/h7-19,21-24,34H,6,20H2,1-5H3,(H,35,36)/b13-10+,33-30+. The Morgan fingerprint density at radius 1 is 1.00 bits per heavy atom. The number of nitrogens with zero attached hydrogens (tertiary/aromatic N) is 2. The maximum Gasteiger partial charge on any atom is 0.245 e. The lowest BCUT2D eigenvalue weighted by Gasteiger charge is -2.23. The first kappa shape index (κ1) is 27.9. The predicted octanol–water partition coefficient (Wildman–Crippen LogP) is 6.32. The van der Waals surface area contributed by atoms with Crippen molar-refractivity contribution in [3.05, 3.63) is 108 Å². The zero-order valence-corrected chi connectivity index (χ0v) is 23.4. The molecule has 0 aliphatic heterocycles. The molecule has 3 aromatic carbocycles. The van der Waals surface area contributed by atoms with E-state index in [0.717, 1.165) is 34.2 Å². The van der Waals surface area contributed by atoms with E-state index in [0.29, 0.717) is 6.54 Å². The largest absolute Gasteiger partial charge is 0.489 e. The molecule has 6 nitrogen and oxygen atoms in total. The van der Waals surface area contributed by atoms with E-state index >= 15 is 0 Å². The summed E-state index contributed by atoms with van der Waals surface area (Å²) < 4.78 is 6.26. The molecule has 2 unspecified atom stereocenters. The van der Waals surface area contributed by atoms with Gasteiger partial charge in [-0.3, -0.25) is 9.89 Å². The summed E-state index contributed by atoms with van der Waals surface area (Å²) in [5.74, 6) is 0.797. The first-order valence-corrected chi connectivity index (χ1v) is 13.5. The molecule has 6 heteroatoms. The maximum atomic E-state index is 11.7. The summed E-state index contributed by atoms with van der Waals surface area (Å²) in [4.78, 5) is 13.2. The van der Waals surface area contributed by atoms with Gasteiger partial charge < -0.3 is 15.0 Å². The van der Waals surface area contributed by atoms with Crippen molar-refractivity contribution in [1.29, 1.82) is 0 Å². The second-order valence-electron chi connectivity index (χ2n) is 9.92. The predicted molar refractivity (Wildman–Crippen MR) is 161 cm³/mol. The van der Waals surface area contributed by atoms with Gasteiger partial charge in [-0.25, -0.2) is 0 Å². The number of aromatic amines is 1. The Morgan fingerprint density at radius 3 is 2.41 bits per heavy atom. The van der Waals surface area contributed by atoms with Crippen LogP contribution in [0.15, 0.2) is 91.1 Å². The van der Waals surface area contributed by atoms with Gasteiger partial charge in [-0.05, 0) is 72.4 Å². The van der Waals surface area contributed by atoms with Crippen molar-refractivity contribution >= 4 is 28.0 Å². The van der Waals surface area contributed by atoms with E-state index in [1.165, 1.54) is 16.7 Å². The van der Waals surface area contributed by atoms with Gasteiger partial charge in [0.2, 0.25) is 5.91 Å². The van der Waals surface area contributed by atoms with Gasteiger partial charge in [0.25, 0.3) is 0 Å². The van der Waals surface area contributed by atoms with Crippen LogP contribution in [0, 0.1) is 0 Å².